The number of cyclic esters (lactones) is 1. The van der Waals surface area contributed by atoms with Crippen LogP contribution in [0.3, 0.4) is 0 Å². The first-order valence-corrected chi connectivity index (χ1v) is 6.37. The topological polar surface area (TPSA) is 79.9 Å². The van der Waals surface area contributed by atoms with Crippen molar-refractivity contribution in [2.45, 2.75) is 12.8 Å². The molecule has 2 aromatic rings. The van der Waals surface area contributed by atoms with Crippen molar-refractivity contribution in [3.8, 4) is 0 Å². The highest BCUT2D eigenvalue weighted by atomic mass is 16.5. The molecule has 0 bridgehead atoms. The van der Waals surface area contributed by atoms with Gasteiger partial charge in [0.05, 0.1) is 11.3 Å². The molecular formula is C14H12N4O2. The van der Waals surface area contributed by atoms with Crippen molar-refractivity contribution in [3.63, 3.8) is 0 Å². The summed E-state index contributed by atoms with van der Waals surface area (Å²) in [5, 5.41) is 10.4. The molecule has 20 heavy (non-hydrogen) atoms. The predicted molar refractivity (Wildman–Crippen MR) is 71.0 cm³/mol. The van der Waals surface area contributed by atoms with Crippen LogP contribution in [0.5, 0.6) is 0 Å². The molecule has 6 heteroatoms. The Bertz CT molecular complexity index is 733. The van der Waals surface area contributed by atoms with Crippen LogP contribution in [0.15, 0.2) is 35.8 Å². The van der Waals surface area contributed by atoms with Crippen molar-refractivity contribution in [2.24, 2.45) is 0 Å². The highest BCUT2D eigenvalue weighted by molar-refractivity contribution is 5.97. The van der Waals surface area contributed by atoms with Gasteiger partial charge >= 0.3 is 5.97 Å². The highest BCUT2D eigenvalue weighted by Crippen LogP contribution is 2.44. The van der Waals surface area contributed by atoms with E-state index in [0.717, 1.165) is 28.3 Å². The number of fused-ring (bicyclic) bond motifs is 1. The van der Waals surface area contributed by atoms with Gasteiger partial charge in [-0.05, 0) is 24.6 Å². The van der Waals surface area contributed by atoms with Crippen molar-refractivity contribution in [3.05, 3.63) is 52.6 Å². The van der Waals surface area contributed by atoms with Crippen molar-refractivity contribution in [1.29, 1.82) is 0 Å². The lowest BCUT2D eigenvalue weighted by Crippen LogP contribution is -2.19. The summed E-state index contributed by atoms with van der Waals surface area (Å²) in [6.07, 6.45) is 3.46. The number of aromatic amines is 1. The summed E-state index contributed by atoms with van der Waals surface area (Å²) in [6.45, 7) is 2.23. The molecule has 2 aliphatic rings. The van der Waals surface area contributed by atoms with Gasteiger partial charge in [-0.25, -0.2) is 4.79 Å². The molecule has 6 nitrogen and oxygen atoms in total. The molecule has 0 unspecified atom stereocenters. The molecule has 1 atom stereocenters. The molecule has 2 N–H and O–H groups in total. The van der Waals surface area contributed by atoms with Gasteiger partial charge in [0.2, 0.25) is 0 Å². The minimum atomic E-state index is -0.263. The van der Waals surface area contributed by atoms with Gasteiger partial charge in [-0.3, -0.25) is 10.1 Å². The molecule has 0 amide bonds. The number of aryl methyl sites for hydroxylation is 1. The molecule has 0 fully saturated rings. The van der Waals surface area contributed by atoms with Gasteiger partial charge < -0.3 is 10.1 Å². The lowest BCUT2D eigenvalue weighted by Gasteiger charge is -2.24. The lowest BCUT2D eigenvalue weighted by atomic mass is 9.82. The summed E-state index contributed by atoms with van der Waals surface area (Å²) in [6, 6.07) is 3.84. The Hall–Kier alpha value is -2.63. The van der Waals surface area contributed by atoms with Crippen LogP contribution in [-0.4, -0.2) is 27.8 Å². The number of carbonyl (C=O) groups excluding carboxylic acids is 1. The Labute approximate surface area is 114 Å². The molecule has 0 saturated heterocycles. The Morgan fingerprint density at radius 2 is 2.15 bits per heavy atom. The van der Waals surface area contributed by atoms with Gasteiger partial charge in [-0.2, -0.15) is 5.10 Å². The Morgan fingerprint density at radius 1 is 1.35 bits per heavy atom. The van der Waals surface area contributed by atoms with E-state index in [0.29, 0.717) is 5.57 Å². The van der Waals surface area contributed by atoms with E-state index >= 15 is 0 Å². The van der Waals surface area contributed by atoms with E-state index in [4.69, 9.17) is 4.74 Å². The van der Waals surface area contributed by atoms with E-state index in [9.17, 15) is 4.79 Å². The predicted octanol–water partition coefficient (Wildman–Crippen LogP) is 1.48. The lowest BCUT2D eigenvalue weighted by molar-refractivity contribution is -0.136. The zero-order valence-corrected chi connectivity index (χ0v) is 10.8. The third kappa shape index (κ3) is 1.41. The normalized spacial score (nSPS) is 20.2. The van der Waals surface area contributed by atoms with Gasteiger partial charge in [0, 0.05) is 29.6 Å². The molecule has 0 aliphatic carbocycles. The zero-order chi connectivity index (χ0) is 13.7. The van der Waals surface area contributed by atoms with Gasteiger partial charge in [0.25, 0.3) is 0 Å². The monoisotopic (exact) mass is 268 g/mol. The van der Waals surface area contributed by atoms with Crippen molar-refractivity contribution in [2.75, 3.05) is 11.9 Å². The summed E-state index contributed by atoms with van der Waals surface area (Å²) < 4.78 is 5.16. The number of carbonyl (C=O) groups is 1. The number of esters is 1. The molecule has 4 heterocycles. The van der Waals surface area contributed by atoms with Crippen molar-refractivity contribution in [1.82, 2.24) is 15.2 Å². The molecule has 0 radical (unpaired) electrons. The zero-order valence-electron chi connectivity index (χ0n) is 10.8. The van der Waals surface area contributed by atoms with Crippen LogP contribution in [0.2, 0.25) is 0 Å². The summed E-state index contributed by atoms with van der Waals surface area (Å²) in [5.41, 5.74) is 4.43. The largest absolute Gasteiger partial charge is 0.456 e. The first kappa shape index (κ1) is 11.2. The first-order chi connectivity index (χ1) is 9.75. The maximum absolute atomic E-state index is 12.1. The van der Waals surface area contributed by atoms with Gasteiger partial charge in [0.1, 0.15) is 6.61 Å². The molecule has 2 aromatic heterocycles. The molecule has 0 saturated carbocycles. The molecule has 0 spiro atoms. The fourth-order valence-electron chi connectivity index (χ4n) is 2.87. The molecule has 4 rings (SSSR count). The van der Waals surface area contributed by atoms with Crippen molar-refractivity contribution >= 4 is 11.8 Å². The fourth-order valence-corrected chi connectivity index (χ4v) is 2.87. The summed E-state index contributed by atoms with van der Waals surface area (Å²) in [7, 11) is 0. The Kier molecular flexibility index (Phi) is 2.20. The third-order valence-electron chi connectivity index (χ3n) is 3.77. The number of ether oxygens (including phenoxy) is 1. The standard InChI is InChI=1S/C14H12N4O2/c1-7-10-11(8-2-4-15-5-3-8)12-9(6-20-14(12)19)16-13(10)18-17-7/h2-5,11H,6H2,1H3,(H2,16,17,18)/t11-/m1/s1. The number of hydrogen-bond acceptors (Lipinski definition) is 5. The average Bonchev–Trinajstić information content (AvgIpc) is 3.03. The number of nitrogens with one attached hydrogen (secondary N) is 2. The quantitative estimate of drug-likeness (QED) is 0.766. The number of aromatic nitrogens is 3. The average molecular weight is 268 g/mol. The molecule has 100 valence electrons. The first-order valence-electron chi connectivity index (χ1n) is 6.37. The van der Waals surface area contributed by atoms with Crippen LogP contribution >= 0.6 is 0 Å². The SMILES string of the molecule is Cc1[nH]nc2c1[C@@H](c1ccncc1)C1=C(COC1=O)N2. The van der Waals surface area contributed by atoms with E-state index in [-0.39, 0.29) is 18.5 Å². The number of hydrogen-bond donors (Lipinski definition) is 2. The van der Waals surface area contributed by atoms with Crippen LogP contribution in [0.4, 0.5) is 5.82 Å². The van der Waals surface area contributed by atoms with Crippen LogP contribution in [-0.2, 0) is 9.53 Å². The number of nitrogens with zero attached hydrogens (tertiary/aromatic N) is 2. The second-order valence-electron chi connectivity index (χ2n) is 4.92. The number of H-pyrrole nitrogens is 1. The minimum Gasteiger partial charge on any atom is -0.456 e. The summed E-state index contributed by atoms with van der Waals surface area (Å²) in [5.74, 6) is 0.347. The third-order valence-corrected chi connectivity index (χ3v) is 3.77. The Morgan fingerprint density at radius 3 is 2.95 bits per heavy atom. The summed E-state index contributed by atoms with van der Waals surface area (Å²) >= 11 is 0. The second-order valence-corrected chi connectivity index (χ2v) is 4.92. The second kappa shape index (κ2) is 3.93. The van der Waals surface area contributed by atoms with E-state index in [1.807, 2.05) is 19.1 Å². The Balaban J connectivity index is 1.96. The maximum atomic E-state index is 12.1. The van der Waals surface area contributed by atoms with Gasteiger partial charge in [-0.1, -0.05) is 0 Å². The van der Waals surface area contributed by atoms with Crippen LogP contribution in [0.25, 0.3) is 0 Å². The number of anilines is 1. The van der Waals surface area contributed by atoms with E-state index < -0.39 is 0 Å². The fraction of sp³-hybridized carbons (Fsp3) is 0.214. The van der Waals surface area contributed by atoms with E-state index in [1.54, 1.807) is 12.4 Å². The van der Waals surface area contributed by atoms with Crippen LogP contribution in [0.1, 0.15) is 22.7 Å². The van der Waals surface area contributed by atoms with E-state index in [1.165, 1.54) is 0 Å². The molecular weight excluding hydrogens is 256 g/mol. The maximum Gasteiger partial charge on any atom is 0.337 e. The van der Waals surface area contributed by atoms with E-state index in [2.05, 4.69) is 20.5 Å². The minimum absolute atomic E-state index is 0.155. The smallest absolute Gasteiger partial charge is 0.337 e. The molecule has 0 aromatic carbocycles. The number of pyridine rings is 1. The van der Waals surface area contributed by atoms with Crippen LogP contribution in [0, 0.1) is 6.92 Å². The van der Waals surface area contributed by atoms with Crippen LogP contribution < -0.4 is 5.32 Å². The number of rotatable bonds is 1. The summed E-state index contributed by atoms with van der Waals surface area (Å²) in [4.78, 5) is 16.1. The van der Waals surface area contributed by atoms with Gasteiger partial charge in [-0.15, -0.1) is 0 Å². The highest BCUT2D eigenvalue weighted by Gasteiger charge is 2.40. The van der Waals surface area contributed by atoms with Crippen molar-refractivity contribution < 1.29 is 9.53 Å². The molecule has 2 aliphatic heterocycles. The van der Waals surface area contributed by atoms with Gasteiger partial charge in [0.15, 0.2) is 5.82 Å².